The normalized spacial score (nSPS) is 12.8. The van der Waals surface area contributed by atoms with Crippen molar-refractivity contribution < 1.29 is 18.7 Å². The summed E-state index contributed by atoms with van der Waals surface area (Å²) in [7, 11) is 1.60. The number of carbonyl (C=O) groups excluding carboxylic acids is 2. The van der Waals surface area contributed by atoms with E-state index in [4.69, 9.17) is 9.15 Å². The van der Waals surface area contributed by atoms with Crippen LogP contribution in [0.2, 0.25) is 0 Å². The number of hydrogen-bond acceptors (Lipinski definition) is 4. The molecule has 1 heterocycles. The number of amides is 3. The zero-order valence-corrected chi connectivity index (χ0v) is 18.1. The van der Waals surface area contributed by atoms with E-state index in [1.54, 1.807) is 53.5 Å². The molecule has 3 amide bonds. The number of rotatable bonds is 9. The third kappa shape index (κ3) is 5.69. The molecule has 1 aliphatic rings. The lowest BCUT2D eigenvalue weighted by Gasteiger charge is -2.27. The summed E-state index contributed by atoms with van der Waals surface area (Å²) in [5, 5.41) is 2.90. The lowest BCUT2D eigenvalue weighted by atomic mass is 10.2. The molecule has 1 saturated carbocycles. The molecule has 0 unspecified atom stereocenters. The first-order valence-electron chi connectivity index (χ1n) is 10.7. The molecule has 166 valence electrons. The van der Waals surface area contributed by atoms with Crippen LogP contribution < -0.4 is 10.1 Å². The van der Waals surface area contributed by atoms with Gasteiger partial charge in [0, 0.05) is 18.3 Å². The van der Waals surface area contributed by atoms with Crippen LogP contribution in [0, 0.1) is 0 Å². The maximum Gasteiger partial charge on any atom is 0.322 e. The fourth-order valence-electron chi connectivity index (χ4n) is 3.50. The summed E-state index contributed by atoms with van der Waals surface area (Å²) in [5.41, 5.74) is 1.68. The van der Waals surface area contributed by atoms with Crippen molar-refractivity contribution in [2.24, 2.45) is 0 Å². The van der Waals surface area contributed by atoms with Crippen molar-refractivity contribution >= 4 is 17.6 Å². The van der Waals surface area contributed by atoms with Crippen LogP contribution in [0.1, 0.15) is 24.2 Å². The smallest absolute Gasteiger partial charge is 0.322 e. The summed E-state index contributed by atoms with van der Waals surface area (Å²) >= 11 is 0. The Labute approximate surface area is 187 Å². The number of methoxy groups -OCH3 is 1. The molecule has 0 radical (unpaired) electrons. The molecule has 1 aliphatic carbocycles. The minimum Gasteiger partial charge on any atom is -0.497 e. The Bertz CT molecular complexity index is 1020. The van der Waals surface area contributed by atoms with Crippen LogP contribution in [0.3, 0.4) is 0 Å². The standard InChI is InChI=1S/C25H27N3O4/c1-31-22-13-9-20(10-14-22)26-25(30)28(21-11-12-21)18-24(29)27(17-23-8-5-15-32-23)16-19-6-3-2-4-7-19/h2-10,13-15,21H,11-12,16-18H2,1H3,(H,26,30). The van der Waals surface area contributed by atoms with E-state index in [1.165, 1.54) is 0 Å². The van der Waals surface area contributed by atoms with Crippen LogP contribution in [0.25, 0.3) is 0 Å². The van der Waals surface area contributed by atoms with E-state index in [2.05, 4.69) is 5.32 Å². The Hall–Kier alpha value is -3.74. The second-order valence-electron chi connectivity index (χ2n) is 7.83. The number of ether oxygens (including phenoxy) is 1. The van der Waals surface area contributed by atoms with E-state index in [9.17, 15) is 9.59 Å². The lowest BCUT2D eigenvalue weighted by molar-refractivity contribution is -0.133. The first-order chi connectivity index (χ1) is 15.6. The van der Waals surface area contributed by atoms with Crippen molar-refractivity contribution in [1.82, 2.24) is 9.80 Å². The van der Waals surface area contributed by atoms with Crippen molar-refractivity contribution in [1.29, 1.82) is 0 Å². The van der Waals surface area contributed by atoms with E-state index in [1.807, 2.05) is 36.4 Å². The van der Waals surface area contributed by atoms with Gasteiger partial charge in [-0.3, -0.25) is 4.79 Å². The summed E-state index contributed by atoms with van der Waals surface area (Å²) in [6.07, 6.45) is 3.40. The van der Waals surface area contributed by atoms with Crippen LogP contribution in [0.4, 0.5) is 10.5 Å². The number of urea groups is 1. The summed E-state index contributed by atoms with van der Waals surface area (Å²) in [6, 6.07) is 20.4. The van der Waals surface area contributed by atoms with Crippen LogP contribution in [-0.4, -0.2) is 41.4 Å². The minimum absolute atomic E-state index is 0.0141. The molecule has 0 bridgehead atoms. The highest BCUT2D eigenvalue weighted by Crippen LogP contribution is 2.28. The fraction of sp³-hybridized carbons (Fsp3) is 0.280. The van der Waals surface area contributed by atoms with Gasteiger partial charge in [0.2, 0.25) is 5.91 Å². The topological polar surface area (TPSA) is 75.0 Å². The number of nitrogens with zero attached hydrogens (tertiary/aromatic N) is 2. The number of furan rings is 1. The predicted octanol–water partition coefficient (Wildman–Crippen LogP) is 4.51. The Balaban J connectivity index is 1.45. The molecule has 1 fully saturated rings. The molecule has 0 spiro atoms. The van der Waals surface area contributed by atoms with Gasteiger partial charge in [0.15, 0.2) is 0 Å². The van der Waals surface area contributed by atoms with E-state index >= 15 is 0 Å². The Morgan fingerprint density at radius 1 is 1.00 bits per heavy atom. The molecule has 32 heavy (non-hydrogen) atoms. The van der Waals surface area contributed by atoms with Crippen molar-refractivity contribution in [2.75, 3.05) is 19.0 Å². The van der Waals surface area contributed by atoms with Gasteiger partial charge >= 0.3 is 6.03 Å². The van der Waals surface area contributed by atoms with Crippen LogP contribution in [0.15, 0.2) is 77.4 Å². The minimum atomic E-state index is -0.274. The van der Waals surface area contributed by atoms with Crippen molar-refractivity contribution in [3.8, 4) is 5.75 Å². The fourth-order valence-corrected chi connectivity index (χ4v) is 3.50. The third-order valence-corrected chi connectivity index (χ3v) is 5.39. The average molecular weight is 434 g/mol. The van der Waals surface area contributed by atoms with E-state index in [0.717, 1.165) is 18.4 Å². The van der Waals surface area contributed by atoms with Crippen molar-refractivity contribution in [3.05, 3.63) is 84.3 Å². The third-order valence-electron chi connectivity index (χ3n) is 5.39. The molecule has 7 nitrogen and oxygen atoms in total. The van der Waals surface area contributed by atoms with Gasteiger partial charge in [0.1, 0.15) is 18.1 Å². The van der Waals surface area contributed by atoms with Gasteiger partial charge in [-0.1, -0.05) is 30.3 Å². The zero-order valence-electron chi connectivity index (χ0n) is 18.1. The van der Waals surface area contributed by atoms with Gasteiger partial charge in [-0.05, 0) is 54.8 Å². The first-order valence-corrected chi connectivity index (χ1v) is 10.7. The highest BCUT2D eigenvalue weighted by molar-refractivity contribution is 5.92. The van der Waals surface area contributed by atoms with Crippen LogP contribution in [-0.2, 0) is 17.9 Å². The maximum atomic E-state index is 13.3. The summed E-state index contributed by atoms with van der Waals surface area (Å²) < 4.78 is 10.6. The molecule has 7 heteroatoms. The van der Waals surface area contributed by atoms with E-state index in [-0.39, 0.29) is 24.5 Å². The molecule has 4 rings (SSSR count). The van der Waals surface area contributed by atoms with Gasteiger partial charge in [-0.2, -0.15) is 0 Å². The number of hydrogen-bond donors (Lipinski definition) is 1. The molecule has 3 aromatic rings. The quantitative estimate of drug-likeness (QED) is 0.539. The molecule has 0 saturated heterocycles. The second-order valence-corrected chi connectivity index (χ2v) is 7.83. The molecular formula is C25H27N3O4. The van der Waals surface area contributed by atoms with Crippen molar-refractivity contribution in [3.63, 3.8) is 0 Å². The molecular weight excluding hydrogens is 406 g/mol. The van der Waals surface area contributed by atoms with E-state index < -0.39 is 0 Å². The Morgan fingerprint density at radius 3 is 2.38 bits per heavy atom. The summed E-state index contributed by atoms with van der Waals surface area (Å²) in [4.78, 5) is 29.6. The van der Waals surface area contributed by atoms with Crippen LogP contribution in [0.5, 0.6) is 5.75 Å². The second kappa shape index (κ2) is 10.0. The van der Waals surface area contributed by atoms with Gasteiger partial charge in [0.25, 0.3) is 0 Å². The maximum absolute atomic E-state index is 13.3. The summed E-state index contributed by atoms with van der Waals surface area (Å²) in [6.45, 7) is 0.804. The lowest BCUT2D eigenvalue weighted by Crippen LogP contribution is -2.45. The van der Waals surface area contributed by atoms with Gasteiger partial charge in [0.05, 0.1) is 19.9 Å². The zero-order chi connectivity index (χ0) is 22.3. The summed E-state index contributed by atoms with van der Waals surface area (Å²) in [5.74, 6) is 1.30. The number of carbonyl (C=O) groups is 2. The first kappa shape index (κ1) is 21.5. The van der Waals surface area contributed by atoms with E-state index in [0.29, 0.717) is 30.3 Å². The predicted molar refractivity (Wildman–Crippen MR) is 121 cm³/mol. The molecule has 0 aliphatic heterocycles. The Kier molecular flexibility index (Phi) is 6.75. The molecule has 0 atom stereocenters. The van der Waals surface area contributed by atoms with Gasteiger partial charge in [-0.15, -0.1) is 0 Å². The van der Waals surface area contributed by atoms with Gasteiger partial charge in [-0.25, -0.2) is 4.79 Å². The largest absolute Gasteiger partial charge is 0.497 e. The number of benzene rings is 2. The highest BCUT2D eigenvalue weighted by atomic mass is 16.5. The SMILES string of the molecule is COc1ccc(NC(=O)N(CC(=O)N(Cc2ccccc2)Cc2ccco2)C2CC2)cc1. The van der Waals surface area contributed by atoms with Gasteiger partial charge < -0.3 is 24.3 Å². The number of nitrogens with one attached hydrogen (secondary N) is 1. The molecule has 2 aromatic carbocycles. The Morgan fingerprint density at radius 2 is 1.75 bits per heavy atom. The molecule has 1 aromatic heterocycles. The monoisotopic (exact) mass is 433 g/mol. The van der Waals surface area contributed by atoms with Crippen LogP contribution >= 0.6 is 0 Å². The molecule has 1 N–H and O–H groups in total. The number of anilines is 1. The van der Waals surface area contributed by atoms with Crippen molar-refractivity contribution in [2.45, 2.75) is 32.0 Å². The highest BCUT2D eigenvalue weighted by Gasteiger charge is 2.35. The average Bonchev–Trinajstić information content (AvgIpc) is 3.53.